The first-order valence-electron chi connectivity index (χ1n) is 3.26. The van der Waals surface area contributed by atoms with E-state index in [0.717, 1.165) is 0 Å². The van der Waals surface area contributed by atoms with Crippen LogP contribution >= 0.6 is 0 Å². The van der Waals surface area contributed by atoms with Crippen LogP contribution in [0.1, 0.15) is 20.8 Å². The van der Waals surface area contributed by atoms with Gasteiger partial charge in [-0.3, -0.25) is 10.4 Å². The highest BCUT2D eigenvalue weighted by Gasteiger charge is 1.85. The molecule has 0 atom stereocenters. The monoisotopic (exact) mass is 142 g/mol. The van der Waals surface area contributed by atoms with E-state index in [1.165, 1.54) is 0 Å². The summed E-state index contributed by atoms with van der Waals surface area (Å²) < 4.78 is 0. The second-order valence-corrected chi connectivity index (χ2v) is 2.25. The van der Waals surface area contributed by atoms with Crippen LogP contribution < -0.4 is 5.43 Å². The van der Waals surface area contributed by atoms with Gasteiger partial charge in [0.05, 0.1) is 0 Å². The molecule has 0 saturated carbocycles. The van der Waals surface area contributed by atoms with Crippen molar-refractivity contribution in [3.05, 3.63) is 0 Å². The average Bonchev–Trinajstić information content (AvgIpc) is 1.87. The predicted molar refractivity (Wildman–Crippen MR) is 42.2 cm³/mol. The van der Waals surface area contributed by atoms with E-state index in [4.69, 9.17) is 0 Å². The molecule has 4 heteroatoms. The third-order valence-electron chi connectivity index (χ3n) is 0.834. The number of hydrogen-bond acceptors (Lipinski definition) is 2. The number of hydrogen-bond donors (Lipinski definition) is 1. The number of aliphatic imine (C=N–C) groups is 1. The van der Waals surface area contributed by atoms with Gasteiger partial charge in [-0.1, -0.05) is 5.22 Å². The van der Waals surface area contributed by atoms with Crippen LogP contribution in [-0.4, -0.2) is 18.9 Å². The van der Waals surface area contributed by atoms with Gasteiger partial charge in [-0.15, -0.1) is 5.11 Å². The maximum absolute atomic E-state index is 3.80. The maximum Gasteiger partial charge on any atom is 0.144 e. The largest absolute Gasteiger partial charge is 0.289 e. The van der Waals surface area contributed by atoms with Crippen LogP contribution in [0.5, 0.6) is 0 Å². The molecule has 0 aromatic rings. The molecular formula is C6H14N4. The molecule has 0 aromatic carbocycles. The Morgan fingerprint density at radius 1 is 1.40 bits per heavy atom. The van der Waals surface area contributed by atoms with E-state index in [9.17, 15) is 0 Å². The van der Waals surface area contributed by atoms with Gasteiger partial charge >= 0.3 is 0 Å². The van der Waals surface area contributed by atoms with E-state index in [-0.39, 0.29) is 0 Å². The summed E-state index contributed by atoms with van der Waals surface area (Å²) in [6.07, 6.45) is 0. The molecule has 0 aromatic heterocycles. The molecule has 4 nitrogen and oxygen atoms in total. The molecule has 1 N–H and O–H groups in total. The highest BCUT2D eigenvalue weighted by atomic mass is 15.4. The van der Waals surface area contributed by atoms with Gasteiger partial charge in [0.25, 0.3) is 0 Å². The van der Waals surface area contributed by atoms with Gasteiger partial charge in [-0.05, 0) is 20.8 Å². The number of nitrogens with one attached hydrogen (secondary N) is 1. The Labute approximate surface area is 61.4 Å². The van der Waals surface area contributed by atoms with Crippen molar-refractivity contribution in [2.45, 2.75) is 26.8 Å². The van der Waals surface area contributed by atoms with Crippen molar-refractivity contribution in [2.24, 2.45) is 15.3 Å². The molecule has 0 unspecified atom stereocenters. The van der Waals surface area contributed by atoms with Crippen molar-refractivity contribution >= 4 is 5.84 Å². The van der Waals surface area contributed by atoms with Gasteiger partial charge in [0.2, 0.25) is 0 Å². The number of amidine groups is 1. The molecule has 0 saturated heterocycles. The zero-order valence-corrected chi connectivity index (χ0v) is 6.92. The maximum atomic E-state index is 3.80. The molecule has 0 fully saturated rings. The lowest BCUT2D eigenvalue weighted by molar-refractivity contribution is 0.595. The van der Waals surface area contributed by atoms with E-state index < -0.39 is 0 Å². The molecule has 0 spiro atoms. The first-order chi connectivity index (χ1) is 4.66. The quantitative estimate of drug-likeness (QED) is 0.269. The second kappa shape index (κ2) is 4.90. The summed E-state index contributed by atoms with van der Waals surface area (Å²) >= 11 is 0. The van der Waals surface area contributed by atoms with Gasteiger partial charge in [0, 0.05) is 13.1 Å². The van der Waals surface area contributed by atoms with Crippen LogP contribution in [0.15, 0.2) is 15.3 Å². The summed E-state index contributed by atoms with van der Waals surface area (Å²) in [5, 5.41) is 7.43. The first-order valence-corrected chi connectivity index (χ1v) is 3.26. The highest BCUT2D eigenvalue weighted by molar-refractivity contribution is 5.79. The van der Waals surface area contributed by atoms with E-state index in [1.54, 1.807) is 14.0 Å². The topological polar surface area (TPSA) is 49.1 Å². The second-order valence-electron chi connectivity index (χ2n) is 2.25. The van der Waals surface area contributed by atoms with E-state index in [0.29, 0.717) is 11.9 Å². The molecule has 0 bridgehead atoms. The van der Waals surface area contributed by atoms with Crippen LogP contribution in [0.25, 0.3) is 0 Å². The van der Waals surface area contributed by atoms with E-state index >= 15 is 0 Å². The van der Waals surface area contributed by atoms with Crippen LogP contribution in [-0.2, 0) is 0 Å². The molecule has 0 aliphatic carbocycles. The van der Waals surface area contributed by atoms with E-state index in [2.05, 4.69) is 20.8 Å². The summed E-state index contributed by atoms with van der Waals surface area (Å²) in [4.78, 5) is 3.80. The predicted octanol–water partition coefficient (Wildman–Crippen LogP) is 1.40. The Morgan fingerprint density at radius 2 is 2.00 bits per heavy atom. The molecule has 0 amide bonds. The van der Waals surface area contributed by atoms with Gasteiger partial charge in [-0.25, -0.2) is 0 Å². The summed E-state index contributed by atoms with van der Waals surface area (Å²) in [7, 11) is 1.68. The van der Waals surface area contributed by atoms with Crippen LogP contribution in [0.3, 0.4) is 0 Å². The molecule has 0 aliphatic heterocycles. The molecule has 0 radical (unpaired) electrons. The van der Waals surface area contributed by atoms with Crippen LogP contribution in [0.2, 0.25) is 0 Å². The Kier molecular flexibility index (Phi) is 4.45. The number of rotatable bonds is 2. The standard InChI is InChI=1S/C6H14N4/c1-5(2)8-10-9-6(3)7-4/h5H,1-4H3,(H,7,8,9). The smallest absolute Gasteiger partial charge is 0.144 e. The molecule has 0 rings (SSSR count). The summed E-state index contributed by atoms with van der Waals surface area (Å²) in [5.74, 6) is 0.674. The minimum atomic E-state index is 0.327. The third-order valence-corrected chi connectivity index (χ3v) is 0.834. The molecule has 58 valence electrons. The van der Waals surface area contributed by atoms with Gasteiger partial charge in [0.1, 0.15) is 5.84 Å². The Bertz CT molecular complexity index is 137. The zero-order chi connectivity index (χ0) is 7.98. The lowest BCUT2D eigenvalue weighted by Crippen LogP contribution is -2.15. The summed E-state index contributed by atoms with van der Waals surface area (Å²) in [5.41, 5.74) is 2.79. The van der Waals surface area contributed by atoms with Crippen LogP contribution in [0, 0.1) is 0 Å². The van der Waals surface area contributed by atoms with Crippen molar-refractivity contribution in [2.75, 3.05) is 7.05 Å². The summed E-state index contributed by atoms with van der Waals surface area (Å²) in [6, 6.07) is 0.327. The van der Waals surface area contributed by atoms with Crippen molar-refractivity contribution in [1.29, 1.82) is 0 Å². The molecule has 10 heavy (non-hydrogen) atoms. The number of nitrogens with zero attached hydrogens (tertiary/aromatic N) is 3. The SMILES string of the molecule is C/N=C(C)\N=N/NC(C)C. The van der Waals surface area contributed by atoms with Crippen LogP contribution in [0.4, 0.5) is 0 Å². The van der Waals surface area contributed by atoms with Gasteiger partial charge < -0.3 is 0 Å². The van der Waals surface area contributed by atoms with Crippen molar-refractivity contribution in [3.8, 4) is 0 Å². The Hall–Kier alpha value is -0.930. The Balaban J connectivity index is 3.56. The van der Waals surface area contributed by atoms with Crippen molar-refractivity contribution in [3.63, 3.8) is 0 Å². The fraction of sp³-hybridized carbons (Fsp3) is 0.833. The third kappa shape index (κ3) is 5.21. The lowest BCUT2D eigenvalue weighted by atomic mass is 10.4. The van der Waals surface area contributed by atoms with E-state index in [1.807, 2.05) is 13.8 Å². The van der Waals surface area contributed by atoms with Crippen molar-refractivity contribution in [1.82, 2.24) is 5.43 Å². The summed E-state index contributed by atoms with van der Waals surface area (Å²) in [6.45, 7) is 5.79. The molecular weight excluding hydrogens is 128 g/mol. The fourth-order valence-corrected chi connectivity index (χ4v) is 0.261. The van der Waals surface area contributed by atoms with Gasteiger partial charge in [-0.2, -0.15) is 0 Å². The fourth-order valence-electron chi connectivity index (χ4n) is 0.261. The Morgan fingerprint density at radius 3 is 2.40 bits per heavy atom. The molecule has 0 heterocycles. The zero-order valence-electron chi connectivity index (χ0n) is 6.92. The lowest BCUT2D eigenvalue weighted by Gasteiger charge is -1.99. The normalized spacial score (nSPS) is 13.1. The minimum absolute atomic E-state index is 0.327. The minimum Gasteiger partial charge on any atom is -0.289 e. The molecule has 0 aliphatic rings. The van der Waals surface area contributed by atoms with Crippen molar-refractivity contribution < 1.29 is 0 Å². The highest BCUT2D eigenvalue weighted by Crippen LogP contribution is 1.80. The van der Waals surface area contributed by atoms with Gasteiger partial charge in [0.15, 0.2) is 0 Å². The first kappa shape index (κ1) is 9.07. The average molecular weight is 142 g/mol.